The lowest BCUT2D eigenvalue weighted by Gasteiger charge is -2.14. The number of ether oxygens (including phenoxy) is 1. The Morgan fingerprint density at radius 2 is 2.07 bits per heavy atom. The maximum Gasteiger partial charge on any atom is 0.266 e. The highest BCUT2D eigenvalue weighted by molar-refractivity contribution is 6.09. The first-order valence-corrected chi connectivity index (χ1v) is 9.26. The number of anilines is 1. The minimum absolute atomic E-state index is 0.0907. The molecule has 1 saturated heterocycles. The predicted molar refractivity (Wildman–Crippen MR) is 106 cm³/mol. The van der Waals surface area contributed by atoms with Gasteiger partial charge in [0.2, 0.25) is 0 Å². The fraction of sp³-hybridized carbons (Fsp3) is 0.364. The number of aryl methyl sites for hydroxylation is 2. The van der Waals surface area contributed by atoms with Crippen LogP contribution in [0.5, 0.6) is 0 Å². The van der Waals surface area contributed by atoms with E-state index in [1.165, 1.54) is 0 Å². The number of aromatic nitrogens is 1. The number of carbonyl (C=O) groups is 1. The highest BCUT2D eigenvalue weighted by Gasteiger charge is 2.19. The third-order valence-electron chi connectivity index (χ3n) is 5.00. The molecule has 2 heterocycles. The molecule has 1 aliphatic rings. The molecule has 1 unspecified atom stereocenters. The molecule has 1 atom stereocenters. The van der Waals surface area contributed by atoms with Gasteiger partial charge < -0.3 is 14.6 Å². The topological polar surface area (TPSA) is 67.0 Å². The van der Waals surface area contributed by atoms with E-state index in [9.17, 15) is 10.1 Å². The van der Waals surface area contributed by atoms with Gasteiger partial charge in [0.05, 0.1) is 6.10 Å². The molecule has 0 saturated carbocycles. The van der Waals surface area contributed by atoms with Crippen molar-refractivity contribution < 1.29 is 9.53 Å². The van der Waals surface area contributed by atoms with Crippen LogP contribution in [0.4, 0.5) is 5.69 Å². The Balaban J connectivity index is 1.79. The molecule has 0 radical (unpaired) electrons. The zero-order valence-electron chi connectivity index (χ0n) is 16.1. The summed E-state index contributed by atoms with van der Waals surface area (Å²) in [5, 5.41) is 12.3. The van der Waals surface area contributed by atoms with Gasteiger partial charge in [-0.25, -0.2) is 0 Å². The van der Waals surface area contributed by atoms with Crippen molar-refractivity contribution in [2.45, 2.75) is 46.3 Å². The number of carbonyl (C=O) groups excluding carboxylic acids is 1. The largest absolute Gasteiger partial charge is 0.376 e. The first-order chi connectivity index (χ1) is 13.0. The molecule has 0 aliphatic carbocycles. The molecule has 2 aromatic rings. The molecule has 3 rings (SSSR count). The monoisotopic (exact) mass is 363 g/mol. The second-order valence-corrected chi connectivity index (χ2v) is 7.06. The van der Waals surface area contributed by atoms with Crippen LogP contribution in [0.3, 0.4) is 0 Å². The number of rotatable bonds is 5. The van der Waals surface area contributed by atoms with Gasteiger partial charge in [-0.2, -0.15) is 5.26 Å². The van der Waals surface area contributed by atoms with E-state index in [2.05, 4.69) is 9.88 Å². The smallest absolute Gasteiger partial charge is 0.266 e. The molecule has 0 bridgehead atoms. The van der Waals surface area contributed by atoms with E-state index < -0.39 is 5.91 Å². The molecule has 0 spiro atoms. The number of nitrogens with zero attached hydrogens (tertiary/aromatic N) is 2. The quantitative estimate of drug-likeness (QED) is 0.641. The minimum Gasteiger partial charge on any atom is -0.376 e. The molecule has 1 fully saturated rings. The summed E-state index contributed by atoms with van der Waals surface area (Å²) in [5.74, 6) is -0.398. The molecule has 1 aromatic carbocycles. The summed E-state index contributed by atoms with van der Waals surface area (Å²) < 4.78 is 7.94. The predicted octanol–water partition coefficient (Wildman–Crippen LogP) is 4.14. The van der Waals surface area contributed by atoms with Crippen molar-refractivity contribution in [2.24, 2.45) is 0 Å². The summed E-state index contributed by atoms with van der Waals surface area (Å²) in [7, 11) is 0. The Hall–Kier alpha value is -2.84. The summed E-state index contributed by atoms with van der Waals surface area (Å²) in [5.41, 5.74) is 4.91. The highest BCUT2D eigenvalue weighted by atomic mass is 16.5. The van der Waals surface area contributed by atoms with Crippen molar-refractivity contribution >= 4 is 17.7 Å². The number of hydrogen-bond donors (Lipinski definition) is 1. The SMILES string of the molecule is Cc1ccc(NC(=O)/C(C#N)=C/c2cc(C)n(CC3CCCO3)c2C)cc1. The first-order valence-electron chi connectivity index (χ1n) is 9.26. The van der Waals surface area contributed by atoms with E-state index in [1.807, 2.05) is 57.2 Å². The van der Waals surface area contributed by atoms with E-state index in [4.69, 9.17) is 4.74 Å². The van der Waals surface area contributed by atoms with Crippen molar-refractivity contribution in [2.75, 3.05) is 11.9 Å². The Labute approximate surface area is 160 Å². The fourth-order valence-corrected chi connectivity index (χ4v) is 3.39. The normalized spacial score (nSPS) is 17.0. The number of hydrogen-bond acceptors (Lipinski definition) is 3. The highest BCUT2D eigenvalue weighted by Crippen LogP contribution is 2.22. The Bertz CT molecular complexity index is 895. The summed E-state index contributed by atoms with van der Waals surface area (Å²) in [4.78, 5) is 12.5. The molecule has 1 aliphatic heterocycles. The van der Waals surface area contributed by atoms with Gasteiger partial charge >= 0.3 is 0 Å². The van der Waals surface area contributed by atoms with E-state index in [0.29, 0.717) is 5.69 Å². The Kier molecular flexibility index (Phi) is 5.78. The number of benzene rings is 1. The van der Waals surface area contributed by atoms with E-state index in [0.717, 1.165) is 48.5 Å². The van der Waals surface area contributed by atoms with Crippen LogP contribution in [-0.4, -0.2) is 23.2 Å². The van der Waals surface area contributed by atoms with Gasteiger partial charge in [0.1, 0.15) is 11.6 Å². The van der Waals surface area contributed by atoms with Crippen molar-refractivity contribution in [3.8, 4) is 6.07 Å². The van der Waals surface area contributed by atoms with Crippen LogP contribution in [0.2, 0.25) is 0 Å². The average molecular weight is 363 g/mol. The summed E-state index contributed by atoms with van der Waals surface area (Å²) in [6.07, 6.45) is 4.09. The van der Waals surface area contributed by atoms with Crippen LogP contribution in [0, 0.1) is 32.1 Å². The van der Waals surface area contributed by atoms with Crippen LogP contribution < -0.4 is 5.32 Å². The third-order valence-corrected chi connectivity index (χ3v) is 5.00. The molecule has 5 nitrogen and oxygen atoms in total. The van der Waals surface area contributed by atoms with Crippen LogP contribution in [0.15, 0.2) is 35.9 Å². The van der Waals surface area contributed by atoms with Crippen molar-refractivity contribution in [3.63, 3.8) is 0 Å². The minimum atomic E-state index is -0.398. The zero-order chi connectivity index (χ0) is 19.4. The molecule has 1 amide bonds. The lowest BCUT2D eigenvalue weighted by atomic mass is 10.1. The lowest BCUT2D eigenvalue weighted by molar-refractivity contribution is -0.112. The molecular formula is C22H25N3O2. The van der Waals surface area contributed by atoms with Gasteiger partial charge in [0.25, 0.3) is 5.91 Å². The van der Waals surface area contributed by atoms with Gasteiger partial charge in [-0.1, -0.05) is 17.7 Å². The standard InChI is InChI=1S/C22H25N3O2/c1-15-6-8-20(9-7-15)24-22(26)19(13-23)12-18-11-16(2)25(17(18)3)14-21-5-4-10-27-21/h6-9,11-12,21H,4-5,10,14H2,1-3H3,(H,24,26)/b19-12+. The molecule has 1 N–H and O–H groups in total. The van der Waals surface area contributed by atoms with Crippen molar-refractivity contribution in [3.05, 3.63) is 58.4 Å². The summed E-state index contributed by atoms with van der Waals surface area (Å²) in [6.45, 7) is 7.68. The Morgan fingerprint density at radius 1 is 1.33 bits per heavy atom. The van der Waals surface area contributed by atoms with Crippen molar-refractivity contribution in [1.29, 1.82) is 5.26 Å². The van der Waals surface area contributed by atoms with Gasteiger partial charge in [-0.05, 0) is 63.5 Å². The zero-order valence-corrected chi connectivity index (χ0v) is 16.1. The van der Waals surface area contributed by atoms with Crippen LogP contribution in [0.1, 0.15) is 35.4 Å². The number of nitriles is 1. The van der Waals surface area contributed by atoms with Gasteiger partial charge in [-0.3, -0.25) is 4.79 Å². The summed E-state index contributed by atoms with van der Waals surface area (Å²) >= 11 is 0. The third kappa shape index (κ3) is 4.47. The first kappa shape index (κ1) is 18.9. The second-order valence-electron chi connectivity index (χ2n) is 7.06. The molecule has 27 heavy (non-hydrogen) atoms. The van der Waals surface area contributed by atoms with Crippen LogP contribution in [-0.2, 0) is 16.1 Å². The van der Waals surface area contributed by atoms with Crippen molar-refractivity contribution in [1.82, 2.24) is 4.57 Å². The number of amides is 1. The molecular weight excluding hydrogens is 338 g/mol. The van der Waals surface area contributed by atoms with E-state index in [1.54, 1.807) is 6.08 Å². The maximum absolute atomic E-state index is 12.5. The maximum atomic E-state index is 12.5. The lowest BCUT2D eigenvalue weighted by Crippen LogP contribution is -2.17. The average Bonchev–Trinajstić information content (AvgIpc) is 3.25. The molecule has 5 heteroatoms. The van der Waals surface area contributed by atoms with Gasteiger partial charge in [-0.15, -0.1) is 0 Å². The molecule has 1 aromatic heterocycles. The van der Waals surface area contributed by atoms with E-state index in [-0.39, 0.29) is 11.7 Å². The van der Waals surface area contributed by atoms with Crippen LogP contribution >= 0.6 is 0 Å². The summed E-state index contributed by atoms with van der Waals surface area (Å²) in [6, 6.07) is 11.5. The van der Waals surface area contributed by atoms with Gasteiger partial charge in [0, 0.05) is 30.2 Å². The van der Waals surface area contributed by atoms with Crippen LogP contribution in [0.25, 0.3) is 6.08 Å². The molecule has 140 valence electrons. The van der Waals surface area contributed by atoms with Gasteiger partial charge in [0.15, 0.2) is 0 Å². The van der Waals surface area contributed by atoms with E-state index >= 15 is 0 Å². The Morgan fingerprint density at radius 3 is 2.70 bits per heavy atom. The number of nitrogens with one attached hydrogen (secondary N) is 1. The fourth-order valence-electron chi connectivity index (χ4n) is 3.39. The second kappa shape index (κ2) is 8.24.